The molecule has 6 heteroatoms. The van der Waals surface area contributed by atoms with Crippen LogP contribution in [0.1, 0.15) is 34.1 Å². The monoisotopic (exact) mass is 294 g/mol. The summed E-state index contributed by atoms with van der Waals surface area (Å²) in [5.41, 5.74) is 0.391. The van der Waals surface area contributed by atoms with Crippen LogP contribution in [0.5, 0.6) is 5.75 Å². The van der Waals surface area contributed by atoms with Crippen molar-refractivity contribution < 1.29 is 14.8 Å². The van der Waals surface area contributed by atoms with E-state index in [-0.39, 0.29) is 29.4 Å². The number of hydrogen-bond donors (Lipinski definition) is 2. The van der Waals surface area contributed by atoms with Gasteiger partial charge in [-0.25, -0.2) is 0 Å². The molecule has 0 spiro atoms. The van der Waals surface area contributed by atoms with Gasteiger partial charge in [-0.05, 0) is 20.3 Å². The van der Waals surface area contributed by atoms with Crippen molar-refractivity contribution >= 4 is 11.4 Å². The van der Waals surface area contributed by atoms with Gasteiger partial charge in [0, 0.05) is 29.3 Å². The molecule has 0 heterocycles. The average molecular weight is 294 g/mol. The molecule has 116 valence electrons. The zero-order chi connectivity index (χ0) is 15.8. The number of non-ortho nitro benzene ring substituents is 1. The standard InChI is InChI=1S/C15H22N2O4/c1-9(2)21-12-6-10(5-11(7-12)17(19)20)16-13-8-14(18)15(13,3)4/h5-7,9,13-14,16,18H,8H2,1-4H3. The highest BCUT2D eigenvalue weighted by molar-refractivity contribution is 5.57. The third-order valence-electron chi connectivity index (χ3n) is 4.03. The van der Waals surface area contributed by atoms with Crippen LogP contribution in [0.15, 0.2) is 18.2 Å². The van der Waals surface area contributed by atoms with Gasteiger partial charge in [-0.2, -0.15) is 0 Å². The Balaban J connectivity index is 2.22. The van der Waals surface area contributed by atoms with Gasteiger partial charge in [-0.15, -0.1) is 0 Å². The Kier molecular flexibility index (Phi) is 4.09. The summed E-state index contributed by atoms with van der Waals surface area (Å²) < 4.78 is 5.56. The van der Waals surface area contributed by atoms with Gasteiger partial charge in [0.15, 0.2) is 0 Å². The second-order valence-electron chi connectivity index (χ2n) is 6.41. The lowest BCUT2D eigenvalue weighted by atomic mass is 9.64. The van der Waals surface area contributed by atoms with Crippen LogP contribution in [0.25, 0.3) is 0 Å². The van der Waals surface area contributed by atoms with E-state index < -0.39 is 4.92 Å². The first-order chi connectivity index (χ1) is 9.70. The van der Waals surface area contributed by atoms with Gasteiger partial charge >= 0.3 is 0 Å². The van der Waals surface area contributed by atoms with Crippen LogP contribution in [-0.4, -0.2) is 28.3 Å². The Labute approximate surface area is 124 Å². The van der Waals surface area contributed by atoms with E-state index in [0.717, 1.165) is 0 Å². The summed E-state index contributed by atoms with van der Waals surface area (Å²) in [5, 5.41) is 24.1. The normalized spacial score (nSPS) is 23.5. The van der Waals surface area contributed by atoms with E-state index in [4.69, 9.17) is 4.74 Å². The van der Waals surface area contributed by atoms with Crippen molar-refractivity contribution in [2.45, 2.75) is 52.4 Å². The molecule has 1 saturated carbocycles. The second kappa shape index (κ2) is 5.52. The molecule has 1 aromatic carbocycles. The van der Waals surface area contributed by atoms with Crippen LogP contribution < -0.4 is 10.1 Å². The molecule has 2 unspecified atom stereocenters. The van der Waals surface area contributed by atoms with E-state index >= 15 is 0 Å². The van der Waals surface area contributed by atoms with Crippen LogP contribution in [0.3, 0.4) is 0 Å². The Bertz CT molecular complexity index is 542. The molecule has 0 radical (unpaired) electrons. The number of anilines is 1. The van der Waals surface area contributed by atoms with Gasteiger partial charge in [-0.1, -0.05) is 13.8 Å². The minimum Gasteiger partial charge on any atom is -0.491 e. The number of nitro benzene ring substituents is 1. The van der Waals surface area contributed by atoms with E-state index in [2.05, 4.69) is 5.32 Å². The molecule has 6 nitrogen and oxygen atoms in total. The number of nitro groups is 1. The van der Waals surface area contributed by atoms with E-state index in [1.165, 1.54) is 12.1 Å². The zero-order valence-electron chi connectivity index (χ0n) is 12.8. The molecule has 1 aromatic rings. The molecule has 21 heavy (non-hydrogen) atoms. The van der Waals surface area contributed by atoms with Crippen molar-refractivity contribution in [3.8, 4) is 5.75 Å². The third-order valence-corrected chi connectivity index (χ3v) is 4.03. The van der Waals surface area contributed by atoms with Crippen LogP contribution in [0, 0.1) is 15.5 Å². The Morgan fingerprint density at radius 2 is 2.10 bits per heavy atom. The van der Waals surface area contributed by atoms with Crippen LogP contribution >= 0.6 is 0 Å². The number of nitrogens with zero attached hydrogens (tertiary/aromatic N) is 1. The predicted molar refractivity (Wildman–Crippen MR) is 80.7 cm³/mol. The van der Waals surface area contributed by atoms with Gasteiger partial charge in [0.25, 0.3) is 5.69 Å². The minimum atomic E-state index is -0.431. The Morgan fingerprint density at radius 1 is 1.43 bits per heavy atom. The summed E-state index contributed by atoms with van der Waals surface area (Å²) in [5.74, 6) is 0.472. The van der Waals surface area contributed by atoms with Crippen molar-refractivity contribution in [3.05, 3.63) is 28.3 Å². The molecule has 0 amide bonds. The molecule has 1 fully saturated rings. The number of benzene rings is 1. The lowest BCUT2D eigenvalue weighted by Gasteiger charge is -2.49. The average Bonchev–Trinajstić information content (AvgIpc) is 2.37. The molecular weight excluding hydrogens is 272 g/mol. The van der Waals surface area contributed by atoms with Crippen molar-refractivity contribution in [2.75, 3.05) is 5.32 Å². The molecule has 0 aromatic heterocycles. The molecule has 1 aliphatic rings. The summed E-state index contributed by atoms with van der Waals surface area (Å²) in [6.45, 7) is 7.69. The highest BCUT2D eigenvalue weighted by Crippen LogP contribution is 2.42. The second-order valence-corrected chi connectivity index (χ2v) is 6.41. The maximum absolute atomic E-state index is 11.0. The summed E-state index contributed by atoms with van der Waals surface area (Å²) in [6, 6.07) is 4.76. The number of aliphatic hydroxyl groups excluding tert-OH is 1. The zero-order valence-corrected chi connectivity index (χ0v) is 12.8. The number of hydrogen-bond acceptors (Lipinski definition) is 5. The molecule has 1 aliphatic carbocycles. The highest BCUT2D eigenvalue weighted by atomic mass is 16.6. The van der Waals surface area contributed by atoms with E-state index in [1.54, 1.807) is 6.07 Å². The number of nitrogens with one attached hydrogen (secondary N) is 1. The summed E-state index contributed by atoms with van der Waals surface area (Å²) in [7, 11) is 0. The summed E-state index contributed by atoms with van der Waals surface area (Å²) in [4.78, 5) is 10.6. The van der Waals surface area contributed by atoms with E-state index in [0.29, 0.717) is 17.9 Å². The molecule has 2 N–H and O–H groups in total. The van der Waals surface area contributed by atoms with Gasteiger partial charge in [0.2, 0.25) is 0 Å². The van der Waals surface area contributed by atoms with Crippen LogP contribution in [-0.2, 0) is 0 Å². The maximum atomic E-state index is 11.0. The lowest BCUT2D eigenvalue weighted by Crippen LogP contribution is -2.56. The van der Waals surface area contributed by atoms with Crippen molar-refractivity contribution in [1.29, 1.82) is 0 Å². The smallest absolute Gasteiger partial charge is 0.275 e. The molecule has 2 atom stereocenters. The minimum absolute atomic E-state index is 0.00618. The fraction of sp³-hybridized carbons (Fsp3) is 0.600. The fourth-order valence-electron chi connectivity index (χ4n) is 2.46. The summed E-state index contributed by atoms with van der Waals surface area (Å²) >= 11 is 0. The predicted octanol–water partition coefficient (Wildman–Crippen LogP) is 2.95. The van der Waals surface area contributed by atoms with Gasteiger partial charge in [-0.3, -0.25) is 10.1 Å². The van der Waals surface area contributed by atoms with Crippen molar-refractivity contribution in [1.82, 2.24) is 0 Å². The third kappa shape index (κ3) is 3.26. The maximum Gasteiger partial charge on any atom is 0.275 e. The molecule has 0 bridgehead atoms. The van der Waals surface area contributed by atoms with Gasteiger partial charge < -0.3 is 15.2 Å². The Morgan fingerprint density at radius 3 is 2.57 bits per heavy atom. The molecule has 0 aliphatic heterocycles. The van der Waals surface area contributed by atoms with Crippen LogP contribution in [0.2, 0.25) is 0 Å². The lowest BCUT2D eigenvalue weighted by molar-refractivity contribution is -0.384. The first-order valence-corrected chi connectivity index (χ1v) is 7.11. The van der Waals surface area contributed by atoms with Crippen LogP contribution in [0.4, 0.5) is 11.4 Å². The largest absolute Gasteiger partial charge is 0.491 e. The Hall–Kier alpha value is -1.82. The van der Waals surface area contributed by atoms with E-state index in [1.807, 2.05) is 27.7 Å². The van der Waals surface area contributed by atoms with Gasteiger partial charge in [0.1, 0.15) is 5.75 Å². The van der Waals surface area contributed by atoms with Crippen molar-refractivity contribution in [3.63, 3.8) is 0 Å². The number of rotatable bonds is 5. The molecular formula is C15H22N2O4. The SMILES string of the molecule is CC(C)Oc1cc(NC2CC(O)C2(C)C)cc([N+](=O)[O-])c1. The van der Waals surface area contributed by atoms with Gasteiger partial charge in [0.05, 0.1) is 23.2 Å². The van der Waals surface area contributed by atoms with Crippen molar-refractivity contribution in [2.24, 2.45) is 5.41 Å². The van der Waals surface area contributed by atoms with E-state index in [9.17, 15) is 15.2 Å². The fourth-order valence-corrected chi connectivity index (χ4v) is 2.46. The first kappa shape index (κ1) is 15.6. The number of ether oxygens (including phenoxy) is 1. The quantitative estimate of drug-likeness (QED) is 0.644. The molecule has 0 saturated heterocycles. The highest BCUT2D eigenvalue weighted by Gasteiger charge is 2.47. The number of aliphatic hydroxyl groups is 1. The first-order valence-electron chi connectivity index (χ1n) is 7.11. The summed E-state index contributed by atoms with van der Waals surface area (Å²) in [6.07, 6.45) is 0.234. The topological polar surface area (TPSA) is 84.6 Å². The molecule has 2 rings (SSSR count).